The summed E-state index contributed by atoms with van der Waals surface area (Å²) >= 11 is 6.13. The van der Waals surface area contributed by atoms with Gasteiger partial charge in [0.25, 0.3) is 0 Å². The molecule has 108 valence electrons. The molecule has 2 aromatic carbocycles. The lowest BCUT2D eigenvalue weighted by molar-refractivity contribution is 0.167. The number of nitrogens with zero attached hydrogens (tertiary/aromatic N) is 5. The van der Waals surface area contributed by atoms with Crippen LogP contribution in [0.2, 0.25) is 5.02 Å². The molecule has 7 nitrogen and oxygen atoms in total. The summed E-state index contributed by atoms with van der Waals surface area (Å²) in [6, 6.07) is 11.0. The molecule has 4 aromatic rings. The second-order valence-electron chi connectivity index (χ2n) is 4.60. The third-order valence-corrected chi connectivity index (χ3v) is 3.62. The van der Waals surface area contributed by atoms with Crippen LogP contribution in [0, 0.1) is 0 Å². The highest BCUT2D eigenvalue weighted by molar-refractivity contribution is 6.37. The lowest BCUT2D eigenvalue weighted by atomic mass is 10.2. The molecule has 0 fully saturated rings. The van der Waals surface area contributed by atoms with Gasteiger partial charge >= 0.3 is 6.01 Å². The molecular formula is C14H9ClN6O. The van der Waals surface area contributed by atoms with Gasteiger partial charge < -0.3 is 10.6 Å². The summed E-state index contributed by atoms with van der Waals surface area (Å²) in [5.41, 5.74) is 8.31. The molecule has 4 rings (SSSR count). The van der Waals surface area contributed by atoms with Gasteiger partial charge in [0.1, 0.15) is 11.0 Å². The molecule has 0 unspecified atom stereocenters. The number of nitrogens with two attached hydrogens (primary N) is 1. The minimum atomic E-state index is 0.143. The number of fused-ring (bicyclic) bond motifs is 2. The fraction of sp³-hybridized carbons (Fsp3) is 0. The number of hydrogen-bond donors (Lipinski definition) is 1. The molecule has 2 N–H and O–H groups in total. The second-order valence-corrected chi connectivity index (χ2v) is 4.97. The van der Waals surface area contributed by atoms with Crippen molar-refractivity contribution >= 4 is 39.2 Å². The zero-order valence-electron chi connectivity index (χ0n) is 11.1. The van der Waals surface area contributed by atoms with Crippen molar-refractivity contribution in [1.82, 2.24) is 25.1 Å². The number of anilines is 1. The van der Waals surface area contributed by atoms with E-state index in [0.29, 0.717) is 21.6 Å². The van der Waals surface area contributed by atoms with Crippen molar-refractivity contribution in [3.8, 4) is 6.01 Å². The highest BCUT2D eigenvalue weighted by atomic mass is 35.5. The Bertz CT molecular complexity index is 999. The molecular weight excluding hydrogens is 304 g/mol. The van der Waals surface area contributed by atoms with Crippen molar-refractivity contribution < 1.29 is 4.84 Å². The molecule has 0 bridgehead atoms. The van der Waals surface area contributed by atoms with Crippen molar-refractivity contribution in [2.75, 3.05) is 5.73 Å². The van der Waals surface area contributed by atoms with Crippen LogP contribution >= 0.6 is 11.6 Å². The normalized spacial score (nSPS) is 11.1. The lowest BCUT2D eigenvalue weighted by Gasteiger charge is -2.05. The summed E-state index contributed by atoms with van der Waals surface area (Å²) in [6.07, 6.45) is 1.56. The number of nitrogen functional groups attached to an aromatic ring is 1. The van der Waals surface area contributed by atoms with Crippen LogP contribution in [0.25, 0.3) is 21.9 Å². The van der Waals surface area contributed by atoms with Crippen molar-refractivity contribution in [1.29, 1.82) is 0 Å². The molecule has 0 spiro atoms. The molecule has 0 radical (unpaired) electrons. The molecule has 0 saturated carbocycles. The van der Waals surface area contributed by atoms with Crippen LogP contribution in [-0.2, 0) is 0 Å². The number of aromatic nitrogens is 5. The van der Waals surface area contributed by atoms with E-state index in [0.717, 1.165) is 11.0 Å². The molecule has 0 aliphatic carbocycles. The SMILES string of the molecule is Nc1ccc2nc(On3nnc4ccccc43)ncc2c1Cl. The van der Waals surface area contributed by atoms with Gasteiger partial charge in [0.2, 0.25) is 0 Å². The first-order valence-corrected chi connectivity index (χ1v) is 6.80. The van der Waals surface area contributed by atoms with E-state index in [1.807, 2.05) is 24.3 Å². The Hall–Kier alpha value is -2.93. The first kappa shape index (κ1) is 12.8. The van der Waals surface area contributed by atoms with Gasteiger partial charge in [0, 0.05) is 11.6 Å². The lowest BCUT2D eigenvalue weighted by Crippen LogP contribution is -2.09. The summed E-state index contributed by atoms with van der Waals surface area (Å²) in [7, 11) is 0. The van der Waals surface area contributed by atoms with Crippen LogP contribution in [0.5, 0.6) is 6.01 Å². The zero-order chi connectivity index (χ0) is 15.1. The van der Waals surface area contributed by atoms with Crippen LogP contribution in [0.3, 0.4) is 0 Å². The number of halogens is 1. The van der Waals surface area contributed by atoms with Crippen molar-refractivity contribution in [3.05, 3.63) is 47.6 Å². The van der Waals surface area contributed by atoms with E-state index in [9.17, 15) is 0 Å². The average Bonchev–Trinajstić information content (AvgIpc) is 2.94. The van der Waals surface area contributed by atoms with E-state index in [1.165, 1.54) is 4.85 Å². The van der Waals surface area contributed by atoms with Crippen molar-refractivity contribution in [2.24, 2.45) is 0 Å². The second kappa shape index (κ2) is 4.81. The fourth-order valence-electron chi connectivity index (χ4n) is 2.11. The van der Waals surface area contributed by atoms with Gasteiger partial charge in [-0.1, -0.05) is 28.6 Å². The van der Waals surface area contributed by atoms with E-state index in [-0.39, 0.29) is 6.01 Å². The van der Waals surface area contributed by atoms with Crippen molar-refractivity contribution in [2.45, 2.75) is 0 Å². The summed E-state index contributed by atoms with van der Waals surface area (Å²) < 4.78 is 0. The predicted molar refractivity (Wildman–Crippen MR) is 82.5 cm³/mol. The molecule has 0 atom stereocenters. The van der Waals surface area contributed by atoms with Gasteiger partial charge in [-0.05, 0) is 29.5 Å². The maximum Gasteiger partial charge on any atom is 0.346 e. The Balaban J connectivity index is 1.77. The van der Waals surface area contributed by atoms with Crippen molar-refractivity contribution in [3.63, 3.8) is 0 Å². The third kappa shape index (κ3) is 1.99. The molecule has 8 heteroatoms. The summed E-state index contributed by atoms with van der Waals surface area (Å²) in [5, 5.41) is 9.01. The van der Waals surface area contributed by atoms with Crippen LogP contribution in [-0.4, -0.2) is 25.1 Å². The topological polar surface area (TPSA) is 91.7 Å². The van der Waals surface area contributed by atoms with E-state index in [1.54, 1.807) is 18.3 Å². The summed E-state index contributed by atoms with van der Waals surface area (Å²) in [5.74, 6) is 0. The predicted octanol–water partition coefficient (Wildman–Crippen LogP) is 2.45. The van der Waals surface area contributed by atoms with Gasteiger partial charge in [-0.15, -0.1) is 5.10 Å². The highest BCUT2D eigenvalue weighted by Crippen LogP contribution is 2.28. The zero-order valence-corrected chi connectivity index (χ0v) is 11.9. The van der Waals surface area contributed by atoms with Crippen LogP contribution in [0.15, 0.2) is 42.6 Å². The maximum atomic E-state index is 6.13. The minimum absolute atomic E-state index is 0.143. The quantitative estimate of drug-likeness (QED) is 0.572. The van der Waals surface area contributed by atoms with Gasteiger partial charge in [-0.3, -0.25) is 0 Å². The summed E-state index contributed by atoms with van der Waals surface area (Å²) in [6.45, 7) is 0. The van der Waals surface area contributed by atoms with E-state index >= 15 is 0 Å². The van der Waals surface area contributed by atoms with Crippen LogP contribution in [0.4, 0.5) is 5.69 Å². The summed E-state index contributed by atoms with van der Waals surface area (Å²) in [4.78, 5) is 15.3. The molecule has 22 heavy (non-hydrogen) atoms. The van der Waals surface area contributed by atoms with Crippen LogP contribution in [0.1, 0.15) is 0 Å². The molecule has 0 amide bonds. The monoisotopic (exact) mass is 312 g/mol. The minimum Gasteiger partial charge on any atom is -0.398 e. The maximum absolute atomic E-state index is 6.13. The molecule has 0 aliphatic rings. The van der Waals surface area contributed by atoms with Crippen LogP contribution < -0.4 is 10.6 Å². The standard InChI is InChI=1S/C14H9ClN6O/c15-13-8-7-17-14(18-10(8)6-5-9(13)16)22-21-12-4-2-1-3-11(12)19-20-21/h1-7H,16H2. The van der Waals surface area contributed by atoms with E-state index in [4.69, 9.17) is 22.2 Å². The Morgan fingerprint density at radius 2 is 1.95 bits per heavy atom. The van der Waals surface area contributed by atoms with Gasteiger partial charge in [0.05, 0.1) is 16.2 Å². The molecule has 0 saturated heterocycles. The van der Waals surface area contributed by atoms with Gasteiger partial charge in [-0.25, -0.2) is 4.98 Å². The third-order valence-electron chi connectivity index (χ3n) is 3.20. The number of hydrogen-bond acceptors (Lipinski definition) is 6. The number of benzene rings is 2. The first-order valence-electron chi connectivity index (χ1n) is 6.42. The Labute approximate surface area is 129 Å². The van der Waals surface area contributed by atoms with E-state index < -0.39 is 0 Å². The molecule has 0 aliphatic heterocycles. The largest absolute Gasteiger partial charge is 0.398 e. The van der Waals surface area contributed by atoms with Gasteiger partial charge in [-0.2, -0.15) is 4.98 Å². The Morgan fingerprint density at radius 3 is 2.86 bits per heavy atom. The molecule has 2 heterocycles. The highest BCUT2D eigenvalue weighted by Gasteiger charge is 2.10. The Kier molecular flexibility index (Phi) is 2.80. The number of rotatable bonds is 2. The average molecular weight is 313 g/mol. The van der Waals surface area contributed by atoms with E-state index in [2.05, 4.69) is 20.3 Å². The fourth-order valence-corrected chi connectivity index (χ4v) is 2.32. The smallest absolute Gasteiger partial charge is 0.346 e. The molecule has 2 aromatic heterocycles. The first-order chi connectivity index (χ1) is 10.7. The Morgan fingerprint density at radius 1 is 1.09 bits per heavy atom. The van der Waals surface area contributed by atoms with Gasteiger partial charge in [0.15, 0.2) is 0 Å². The number of para-hydroxylation sites is 1.